The largest absolute Gasteiger partial charge is 0.458 e. The highest BCUT2D eigenvalue weighted by molar-refractivity contribution is 6.04. The second-order valence-electron chi connectivity index (χ2n) is 14.7. The molecule has 0 aromatic rings. The first-order valence-electron chi connectivity index (χ1n) is 17.1. The van der Waals surface area contributed by atoms with Gasteiger partial charge >= 0.3 is 5.97 Å². The van der Waals surface area contributed by atoms with Crippen molar-refractivity contribution in [3.8, 4) is 0 Å². The summed E-state index contributed by atoms with van der Waals surface area (Å²) in [5.74, 6) is -1.76. The molecule has 0 aromatic carbocycles. The molecule has 4 heterocycles. The number of hydrogen-bond donors (Lipinski definition) is 3. The van der Waals surface area contributed by atoms with E-state index in [0.29, 0.717) is 32.2 Å². The zero-order valence-electron chi connectivity index (χ0n) is 30.0. The van der Waals surface area contributed by atoms with Crippen LogP contribution in [-0.2, 0) is 38.1 Å². The van der Waals surface area contributed by atoms with Gasteiger partial charge < -0.3 is 44.3 Å². The molecule has 1 amide bonds. The summed E-state index contributed by atoms with van der Waals surface area (Å²) in [5.41, 5.74) is -3.62. The standard InChI is InChI=1S/C34H61N3O9/c1-12-23-16-24(37(9)10)26(39)30(44-23)46-29-21(4)28(40)32(6)14-15-43-33(29,7)17-20(3)18-35-22(5)27(36-19-38)34(8,42-11)25(13-2)45-31(32)41/h19-27,29-30,35,39H,12-18H2,1-11H3,(H,36,38)/t20-,21+,22-,23?,24?,25-,26?,27-,29-,30+,32+,33+,34-/m1/s1. The topological polar surface area (TPSA) is 145 Å². The molecule has 3 N–H and O–H groups in total. The Balaban J connectivity index is 2.12. The molecule has 0 aliphatic carbocycles. The van der Waals surface area contributed by atoms with Crippen LogP contribution in [0.5, 0.6) is 0 Å². The van der Waals surface area contributed by atoms with Gasteiger partial charge in [-0.25, -0.2) is 0 Å². The Bertz CT molecular complexity index is 1050. The van der Waals surface area contributed by atoms with Gasteiger partial charge in [-0.05, 0) is 86.4 Å². The maximum atomic E-state index is 14.6. The molecule has 4 aliphatic heterocycles. The molecule has 4 fully saturated rings. The first kappa shape index (κ1) is 38.8. The summed E-state index contributed by atoms with van der Waals surface area (Å²) in [6, 6.07) is -1.03. The van der Waals surface area contributed by atoms with Crippen LogP contribution in [0.4, 0.5) is 0 Å². The number of Topliss-reactive ketones (excluding diaryl/α,β-unsaturated/α-hetero) is 1. The summed E-state index contributed by atoms with van der Waals surface area (Å²) >= 11 is 0. The first-order valence-corrected chi connectivity index (χ1v) is 17.1. The summed E-state index contributed by atoms with van der Waals surface area (Å²) in [4.78, 5) is 42.5. The van der Waals surface area contributed by atoms with Crippen LogP contribution in [-0.4, -0.2) is 123 Å². The van der Waals surface area contributed by atoms with Gasteiger partial charge in [0.15, 0.2) is 12.1 Å². The molecule has 12 heteroatoms. The first-order chi connectivity index (χ1) is 21.5. The SMILES string of the molecule is CCC1CC(N(C)C)C(O)[C@H](O[C@@H]2[C@@H](C)C(=O)[C@]3(C)CCO[C@@]2(C)C[C@@H](C)CN[C@H](C)[C@@H](NC=O)[C@](C)(OC)[C@@H](CC)OC3=O)O1. The minimum atomic E-state index is -1.54. The van der Waals surface area contributed by atoms with Gasteiger partial charge in [0, 0.05) is 31.7 Å². The van der Waals surface area contributed by atoms with E-state index in [1.807, 2.05) is 53.6 Å². The van der Waals surface area contributed by atoms with Crippen molar-refractivity contribution >= 4 is 18.2 Å². The number of ether oxygens (including phenoxy) is 5. The number of aliphatic hydroxyl groups excluding tert-OH is 1. The molecular formula is C34H61N3O9. The fourth-order valence-corrected chi connectivity index (χ4v) is 7.93. The van der Waals surface area contributed by atoms with Gasteiger partial charge in [-0.15, -0.1) is 0 Å². The van der Waals surface area contributed by atoms with Gasteiger partial charge in [-0.2, -0.15) is 0 Å². The predicted molar refractivity (Wildman–Crippen MR) is 173 cm³/mol. The second kappa shape index (κ2) is 15.7. The molecule has 0 spiro atoms. The van der Waals surface area contributed by atoms with Gasteiger partial charge in [0.05, 0.1) is 23.9 Å². The predicted octanol–water partition coefficient (Wildman–Crippen LogP) is 2.44. The number of amides is 1. The van der Waals surface area contributed by atoms with Crippen molar-refractivity contribution in [1.29, 1.82) is 0 Å². The zero-order chi connectivity index (χ0) is 34.6. The Hall–Kier alpha value is -1.67. The van der Waals surface area contributed by atoms with Crippen molar-refractivity contribution < 1.29 is 43.2 Å². The Labute approximate surface area is 275 Å². The van der Waals surface area contributed by atoms with Crippen LogP contribution < -0.4 is 10.6 Å². The Morgan fingerprint density at radius 2 is 1.80 bits per heavy atom. The Morgan fingerprint density at radius 1 is 1.13 bits per heavy atom. The Morgan fingerprint density at radius 3 is 2.37 bits per heavy atom. The molecule has 2 bridgehead atoms. The van der Waals surface area contributed by atoms with Crippen LogP contribution in [0, 0.1) is 17.3 Å². The molecular weight excluding hydrogens is 594 g/mol. The smallest absolute Gasteiger partial charge is 0.319 e. The molecule has 4 rings (SSSR count). The second-order valence-corrected chi connectivity index (χ2v) is 14.7. The van der Waals surface area contributed by atoms with Crippen LogP contribution in [0.15, 0.2) is 0 Å². The van der Waals surface area contributed by atoms with Gasteiger partial charge in [0.25, 0.3) is 0 Å². The number of nitrogens with one attached hydrogen (secondary N) is 2. The Kier molecular flexibility index (Phi) is 13.2. The molecule has 266 valence electrons. The van der Waals surface area contributed by atoms with E-state index in [0.717, 1.165) is 6.42 Å². The molecule has 12 nitrogen and oxygen atoms in total. The van der Waals surface area contributed by atoms with Gasteiger partial charge in [-0.3, -0.25) is 14.4 Å². The zero-order valence-corrected chi connectivity index (χ0v) is 30.0. The summed E-state index contributed by atoms with van der Waals surface area (Å²) < 4.78 is 31.9. The molecule has 0 saturated carbocycles. The molecule has 0 radical (unpaired) electrons. The van der Waals surface area contributed by atoms with Gasteiger partial charge in [0.2, 0.25) is 6.41 Å². The van der Waals surface area contributed by atoms with Crippen LogP contribution >= 0.6 is 0 Å². The van der Waals surface area contributed by atoms with Crippen molar-refractivity contribution in [3.05, 3.63) is 0 Å². The van der Waals surface area contributed by atoms with Crippen molar-refractivity contribution in [3.63, 3.8) is 0 Å². The van der Waals surface area contributed by atoms with Crippen LogP contribution in [0.1, 0.15) is 87.5 Å². The fraction of sp³-hybridized carbons (Fsp3) is 0.912. The molecule has 13 atom stereocenters. The van der Waals surface area contributed by atoms with Crippen LogP contribution in [0.3, 0.4) is 0 Å². The van der Waals surface area contributed by atoms with E-state index in [1.54, 1.807) is 13.8 Å². The van der Waals surface area contributed by atoms with E-state index >= 15 is 0 Å². The van der Waals surface area contributed by atoms with E-state index < -0.39 is 59.1 Å². The number of aliphatic hydroxyl groups is 1. The normalized spacial score (nSPS) is 45.0. The maximum absolute atomic E-state index is 14.6. The summed E-state index contributed by atoms with van der Waals surface area (Å²) in [6.45, 7) is 15.8. The number of rotatable bonds is 8. The average Bonchev–Trinajstić information content (AvgIpc) is 3.02. The van der Waals surface area contributed by atoms with Gasteiger partial charge in [-0.1, -0.05) is 27.7 Å². The molecule has 4 aliphatic rings. The molecule has 4 saturated heterocycles. The van der Waals surface area contributed by atoms with Crippen LogP contribution in [0.25, 0.3) is 0 Å². The van der Waals surface area contributed by atoms with E-state index in [-0.39, 0.29) is 42.9 Å². The van der Waals surface area contributed by atoms with Gasteiger partial charge in [0.1, 0.15) is 23.2 Å². The number of likely N-dealkylation sites (N-methyl/N-ethyl adjacent to an activating group) is 1. The lowest BCUT2D eigenvalue weighted by molar-refractivity contribution is -0.302. The number of methoxy groups -OCH3 is 1. The minimum absolute atomic E-state index is 0.0393. The lowest BCUT2D eigenvalue weighted by Gasteiger charge is -2.49. The van der Waals surface area contributed by atoms with E-state index in [1.165, 1.54) is 7.11 Å². The van der Waals surface area contributed by atoms with E-state index in [9.17, 15) is 19.5 Å². The lowest BCUT2D eigenvalue weighted by atomic mass is 9.70. The summed E-state index contributed by atoms with van der Waals surface area (Å²) in [6.07, 6.45) is -0.652. The highest BCUT2D eigenvalue weighted by Crippen LogP contribution is 2.42. The number of ketones is 1. The molecule has 0 aromatic heterocycles. The molecule has 46 heavy (non-hydrogen) atoms. The third-order valence-corrected chi connectivity index (χ3v) is 11.0. The maximum Gasteiger partial charge on any atom is 0.319 e. The van der Waals surface area contributed by atoms with Crippen LogP contribution in [0.2, 0.25) is 0 Å². The monoisotopic (exact) mass is 655 g/mol. The van der Waals surface area contributed by atoms with E-state index in [4.69, 9.17) is 23.7 Å². The minimum Gasteiger partial charge on any atom is -0.458 e. The summed E-state index contributed by atoms with van der Waals surface area (Å²) in [7, 11) is 5.38. The molecule has 3 unspecified atom stereocenters. The highest BCUT2D eigenvalue weighted by Gasteiger charge is 2.56. The van der Waals surface area contributed by atoms with Crippen molar-refractivity contribution in [2.45, 2.75) is 148 Å². The number of carbonyl (C=O) groups excluding carboxylic acids is 3. The average molecular weight is 656 g/mol. The van der Waals surface area contributed by atoms with Crippen molar-refractivity contribution in [2.24, 2.45) is 17.3 Å². The highest BCUT2D eigenvalue weighted by atomic mass is 16.7. The van der Waals surface area contributed by atoms with E-state index in [2.05, 4.69) is 17.6 Å². The fourth-order valence-electron chi connectivity index (χ4n) is 7.93. The third-order valence-electron chi connectivity index (χ3n) is 11.0. The lowest BCUT2D eigenvalue weighted by Crippen LogP contribution is -2.65. The number of fused-ring (bicyclic) bond motifs is 13. The number of carbonyl (C=O) groups is 3. The van der Waals surface area contributed by atoms with Crippen molar-refractivity contribution in [1.82, 2.24) is 15.5 Å². The van der Waals surface area contributed by atoms with Crippen molar-refractivity contribution in [2.75, 3.05) is 34.4 Å². The number of esters is 1. The number of hydrogen-bond acceptors (Lipinski definition) is 11. The quantitative estimate of drug-likeness (QED) is 0.202. The number of nitrogens with zero attached hydrogens (tertiary/aromatic N) is 1. The third kappa shape index (κ3) is 7.79. The summed E-state index contributed by atoms with van der Waals surface area (Å²) in [5, 5.41) is 17.9.